The number of benzene rings is 2. The molecule has 35 heavy (non-hydrogen) atoms. The minimum absolute atomic E-state index is 0.226. The highest BCUT2D eigenvalue weighted by Crippen LogP contribution is 2.31. The number of alkyl halides is 3. The summed E-state index contributed by atoms with van der Waals surface area (Å²) in [6.07, 6.45) is 4.27. The first kappa shape index (κ1) is 28.5. The van der Waals surface area contributed by atoms with Gasteiger partial charge in [0, 0.05) is 12.6 Å². The van der Waals surface area contributed by atoms with Crippen LogP contribution < -0.4 is 14.8 Å². The fourth-order valence-electron chi connectivity index (χ4n) is 3.67. The van der Waals surface area contributed by atoms with Gasteiger partial charge in [0.1, 0.15) is 5.75 Å². The first-order valence-electron chi connectivity index (χ1n) is 11.3. The van der Waals surface area contributed by atoms with Crippen molar-refractivity contribution in [1.82, 2.24) is 0 Å². The second-order valence-electron chi connectivity index (χ2n) is 8.50. The Labute approximate surface area is 206 Å². The lowest BCUT2D eigenvalue weighted by atomic mass is 9.86. The third kappa shape index (κ3) is 8.14. The molecule has 0 aliphatic heterocycles. The molecule has 192 valence electrons. The third-order valence-electron chi connectivity index (χ3n) is 5.73. The maximum Gasteiger partial charge on any atom is 0.416 e. The first-order valence-corrected chi connectivity index (χ1v) is 12.8. The Kier molecular flexibility index (Phi) is 9.97. The van der Waals surface area contributed by atoms with Crippen molar-refractivity contribution in [2.75, 3.05) is 18.0 Å². The Hall–Kier alpha value is -2.78. The molecule has 0 aliphatic carbocycles. The van der Waals surface area contributed by atoms with Crippen molar-refractivity contribution in [1.29, 1.82) is 0 Å². The van der Waals surface area contributed by atoms with Gasteiger partial charge in [0.15, 0.2) is 0 Å². The van der Waals surface area contributed by atoms with Gasteiger partial charge in [0.25, 0.3) is 10.0 Å². The number of anilines is 1. The number of nitrogens with zero attached hydrogens (tertiary/aromatic N) is 1. The third-order valence-corrected chi connectivity index (χ3v) is 7.53. The van der Waals surface area contributed by atoms with Crippen LogP contribution in [0.3, 0.4) is 0 Å². The van der Waals surface area contributed by atoms with Crippen LogP contribution in [0.1, 0.15) is 44.1 Å². The van der Waals surface area contributed by atoms with E-state index in [1.165, 1.54) is 7.05 Å². The van der Waals surface area contributed by atoms with Gasteiger partial charge in [-0.25, -0.2) is 8.42 Å². The molecule has 2 rings (SSSR count). The highest BCUT2D eigenvalue weighted by atomic mass is 32.2. The summed E-state index contributed by atoms with van der Waals surface area (Å²) < 4.78 is 70.6. The van der Waals surface area contributed by atoms with Gasteiger partial charge in [-0.05, 0) is 80.6 Å². The zero-order chi connectivity index (χ0) is 26.1. The number of hydrogen-bond donors (Lipinski definition) is 1. The SMILES string of the molecule is C=CCC(N)(CC=C)CCCCCOc1ccc(N(C)S(=O)(=O)c2ccc(C(F)(F)F)cc2)cc1. The molecule has 0 aromatic heterocycles. The Morgan fingerprint density at radius 2 is 1.51 bits per heavy atom. The minimum Gasteiger partial charge on any atom is -0.494 e. The van der Waals surface area contributed by atoms with Crippen molar-refractivity contribution in [3.8, 4) is 5.75 Å². The molecule has 0 radical (unpaired) electrons. The fourth-order valence-corrected chi connectivity index (χ4v) is 4.87. The summed E-state index contributed by atoms with van der Waals surface area (Å²) >= 11 is 0. The van der Waals surface area contributed by atoms with E-state index < -0.39 is 21.8 Å². The zero-order valence-corrected chi connectivity index (χ0v) is 20.7. The van der Waals surface area contributed by atoms with Crippen molar-refractivity contribution < 1.29 is 26.3 Å². The van der Waals surface area contributed by atoms with Gasteiger partial charge in [-0.15, -0.1) is 13.2 Å². The van der Waals surface area contributed by atoms with Crippen LogP contribution >= 0.6 is 0 Å². The molecule has 9 heteroatoms. The van der Waals surface area contributed by atoms with E-state index in [0.29, 0.717) is 18.0 Å². The lowest BCUT2D eigenvalue weighted by Gasteiger charge is -2.27. The standard InChI is InChI=1S/C26H33F3N2O3S/c1-4-17-25(30,18-5-2)19-7-6-8-20-34-23-13-11-22(12-14-23)31(3)35(32,33)24-15-9-21(10-16-24)26(27,28)29/h4-5,9-16H,1-2,6-8,17-20,30H2,3H3. The molecule has 0 atom stereocenters. The molecular formula is C26H33F3N2O3S. The van der Waals surface area contributed by atoms with Crippen molar-refractivity contribution >= 4 is 15.7 Å². The zero-order valence-electron chi connectivity index (χ0n) is 19.9. The van der Waals surface area contributed by atoms with Crippen LogP contribution in [0.15, 0.2) is 78.7 Å². The number of nitrogens with two attached hydrogens (primary N) is 1. The Morgan fingerprint density at radius 1 is 0.943 bits per heavy atom. The van der Waals surface area contributed by atoms with Crippen LogP contribution in [0.25, 0.3) is 0 Å². The van der Waals surface area contributed by atoms with Gasteiger partial charge < -0.3 is 10.5 Å². The summed E-state index contributed by atoms with van der Waals surface area (Å²) in [5, 5.41) is 0. The maximum absolute atomic E-state index is 12.8. The summed E-state index contributed by atoms with van der Waals surface area (Å²) in [5.41, 5.74) is 5.55. The topological polar surface area (TPSA) is 72.6 Å². The van der Waals surface area contributed by atoms with E-state index in [1.54, 1.807) is 24.3 Å². The molecular weight excluding hydrogens is 477 g/mol. The lowest BCUT2D eigenvalue weighted by Crippen LogP contribution is -2.38. The molecule has 0 saturated heterocycles. The van der Waals surface area contributed by atoms with Crippen LogP contribution in [0, 0.1) is 0 Å². The van der Waals surface area contributed by atoms with Crippen LogP contribution in [-0.2, 0) is 16.2 Å². The van der Waals surface area contributed by atoms with Crippen LogP contribution in [-0.4, -0.2) is 27.6 Å². The van der Waals surface area contributed by atoms with E-state index in [2.05, 4.69) is 13.2 Å². The maximum atomic E-state index is 12.8. The highest BCUT2D eigenvalue weighted by Gasteiger charge is 2.31. The quantitative estimate of drug-likeness (QED) is 0.238. The van der Waals surface area contributed by atoms with Crippen LogP contribution in [0.5, 0.6) is 5.75 Å². The van der Waals surface area contributed by atoms with Crippen LogP contribution in [0.4, 0.5) is 18.9 Å². The van der Waals surface area contributed by atoms with Gasteiger partial charge in [-0.3, -0.25) is 4.31 Å². The molecule has 0 bridgehead atoms. The minimum atomic E-state index is -4.53. The van der Waals surface area contributed by atoms with Crippen molar-refractivity contribution in [3.05, 3.63) is 79.4 Å². The number of halogens is 3. The molecule has 2 aromatic carbocycles. The van der Waals surface area contributed by atoms with E-state index >= 15 is 0 Å². The molecule has 0 unspecified atom stereocenters. The Balaban J connectivity index is 1.87. The Bertz CT molecular complexity index is 1060. The van der Waals surface area contributed by atoms with E-state index in [-0.39, 0.29) is 10.4 Å². The highest BCUT2D eigenvalue weighted by molar-refractivity contribution is 7.92. The van der Waals surface area contributed by atoms with Gasteiger partial charge in [0.05, 0.1) is 22.8 Å². The fraction of sp³-hybridized carbons (Fsp3) is 0.385. The summed E-state index contributed by atoms with van der Waals surface area (Å²) in [6.45, 7) is 8.05. The number of sulfonamides is 1. The monoisotopic (exact) mass is 510 g/mol. The molecule has 0 fully saturated rings. The van der Waals surface area contributed by atoms with Gasteiger partial charge in [0.2, 0.25) is 0 Å². The summed E-state index contributed by atoms with van der Waals surface area (Å²) in [5.74, 6) is 0.598. The van der Waals surface area contributed by atoms with E-state index in [1.807, 2.05) is 12.2 Å². The number of ether oxygens (including phenoxy) is 1. The second kappa shape index (κ2) is 12.3. The van der Waals surface area contributed by atoms with E-state index in [4.69, 9.17) is 10.5 Å². The molecule has 0 spiro atoms. The largest absolute Gasteiger partial charge is 0.494 e. The predicted octanol–water partition coefficient (Wildman–Crippen LogP) is 6.32. The number of rotatable bonds is 14. The molecule has 0 saturated carbocycles. The lowest BCUT2D eigenvalue weighted by molar-refractivity contribution is -0.137. The van der Waals surface area contributed by atoms with Crippen molar-refractivity contribution in [3.63, 3.8) is 0 Å². The van der Waals surface area contributed by atoms with Gasteiger partial charge >= 0.3 is 6.18 Å². The second-order valence-corrected chi connectivity index (χ2v) is 10.5. The molecule has 0 heterocycles. The first-order chi connectivity index (χ1) is 16.4. The molecule has 2 N–H and O–H groups in total. The molecule has 0 amide bonds. The molecule has 2 aromatic rings. The van der Waals surface area contributed by atoms with Gasteiger partial charge in [-0.2, -0.15) is 13.2 Å². The molecule has 0 aliphatic rings. The summed E-state index contributed by atoms with van der Waals surface area (Å²) in [6, 6.07) is 9.91. The number of unbranched alkanes of at least 4 members (excludes halogenated alkanes) is 2. The predicted molar refractivity (Wildman–Crippen MR) is 134 cm³/mol. The van der Waals surface area contributed by atoms with E-state index in [0.717, 1.165) is 67.1 Å². The smallest absolute Gasteiger partial charge is 0.416 e. The number of hydrogen-bond acceptors (Lipinski definition) is 4. The Morgan fingerprint density at radius 3 is 2.03 bits per heavy atom. The van der Waals surface area contributed by atoms with Crippen LogP contribution in [0.2, 0.25) is 0 Å². The van der Waals surface area contributed by atoms with Crippen molar-refractivity contribution in [2.24, 2.45) is 5.73 Å². The molecule has 5 nitrogen and oxygen atoms in total. The van der Waals surface area contributed by atoms with E-state index in [9.17, 15) is 21.6 Å². The summed E-state index contributed by atoms with van der Waals surface area (Å²) in [4.78, 5) is -0.226. The average molecular weight is 511 g/mol. The van der Waals surface area contributed by atoms with Gasteiger partial charge in [-0.1, -0.05) is 18.6 Å². The average Bonchev–Trinajstić information content (AvgIpc) is 2.81. The summed E-state index contributed by atoms with van der Waals surface area (Å²) in [7, 11) is -2.67. The van der Waals surface area contributed by atoms with Crippen molar-refractivity contribution in [2.45, 2.75) is 55.1 Å². The normalized spacial score (nSPS) is 12.3.